The average molecular weight is 365 g/mol. The molecule has 1 saturated carbocycles. The van der Waals surface area contributed by atoms with Crippen molar-refractivity contribution in [3.8, 4) is 0 Å². The molecule has 1 aromatic carbocycles. The molecule has 2 N–H and O–H groups in total. The molecular formula is C20H23N5O2. The van der Waals surface area contributed by atoms with E-state index in [1.807, 2.05) is 25.1 Å². The molecule has 7 nitrogen and oxygen atoms in total. The Hall–Kier alpha value is -2.80. The van der Waals surface area contributed by atoms with Gasteiger partial charge in [0, 0.05) is 17.7 Å². The van der Waals surface area contributed by atoms with E-state index >= 15 is 0 Å². The SMILES string of the molecule is Cc1nc(C)c(Cc2nc(C3(c4ccccc4)CC3)nn2CCO)c(=O)[nH]1. The first-order chi connectivity index (χ1) is 13.0. The number of nitrogens with zero attached hydrogens (tertiary/aromatic N) is 4. The molecule has 0 atom stereocenters. The highest BCUT2D eigenvalue weighted by molar-refractivity contribution is 5.39. The van der Waals surface area contributed by atoms with Gasteiger partial charge in [0.05, 0.1) is 18.6 Å². The third kappa shape index (κ3) is 3.19. The maximum atomic E-state index is 12.4. The van der Waals surface area contributed by atoms with E-state index in [1.54, 1.807) is 11.6 Å². The second-order valence-electron chi connectivity index (χ2n) is 7.14. The van der Waals surface area contributed by atoms with E-state index in [-0.39, 0.29) is 17.6 Å². The molecule has 0 saturated heterocycles. The van der Waals surface area contributed by atoms with Crippen molar-refractivity contribution in [1.29, 1.82) is 0 Å². The summed E-state index contributed by atoms with van der Waals surface area (Å²) < 4.78 is 1.72. The van der Waals surface area contributed by atoms with Crippen LogP contribution in [0.5, 0.6) is 0 Å². The first kappa shape index (κ1) is 17.6. The third-order valence-electron chi connectivity index (χ3n) is 5.24. The van der Waals surface area contributed by atoms with Gasteiger partial charge in [-0.25, -0.2) is 14.6 Å². The number of hydrogen-bond acceptors (Lipinski definition) is 5. The van der Waals surface area contributed by atoms with Gasteiger partial charge >= 0.3 is 0 Å². The van der Waals surface area contributed by atoms with Gasteiger partial charge in [0.15, 0.2) is 5.82 Å². The van der Waals surface area contributed by atoms with Gasteiger partial charge in [-0.3, -0.25) is 4.79 Å². The number of benzene rings is 1. The van der Waals surface area contributed by atoms with Gasteiger partial charge in [-0.2, -0.15) is 5.10 Å². The van der Waals surface area contributed by atoms with Crippen molar-refractivity contribution in [1.82, 2.24) is 24.7 Å². The van der Waals surface area contributed by atoms with E-state index in [2.05, 4.69) is 22.1 Å². The molecule has 1 fully saturated rings. The van der Waals surface area contributed by atoms with Gasteiger partial charge in [0.1, 0.15) is 11.6 Å². The molecule has 0 radical (unpaired) electrons. The molecule has 0 spiro atoms. The fourth-order valence-corrected chi connectivity index (χ4v) is 3.62. The summed E-state index contributed by atoms with van der Waals surface area (Å²) in [6, 6.07) is 10.3. The summed E-state index contributed by atoms with van der Waals surface area (Å²) >= 11 is 0. The van der Waals surface area contributed by atoms with Gasteiger partial charge < -0.3 is 10.1 Å². The van der Waals surface area contributed by atoms with Gasteiger partial charge in [0.2, 0.25) is 0 Å². The second-order valence-corrected chi connectivity index (χ2v) is 7.14. The number of rotatable bonds is 6. The highest BCUT2D eigenvalue weighted by atomic mass is 16.3. The van der Waals surface area contributed by atoms with Crippen LogP contribution in [0.4, 0.5) is 0 Å². The molecule has 140 valence electrons. The van der Waals surface area contributed by atoms with Crippen molar-refractivity contribution < 1.29 is 5.11 Å². The van der Waals surface area contributed by atoms with E-state index in [4.69, 9.17) is 10.1 Å². The Labute approximate surface area is 157 Å². The molecule has 1 aliphatic rings. The molecule has 27 heavy (non-hydrogen) atoms. The average Bonchev–Trinajstić information content (AvgIpc) is 3.36. The lowest BCUT2D eigenvalue weighted by Crippen LogP contribution is -2.20. The maximum Gasteiger partial charge on any atom is 0.254 e. The molecule has 0 bridgehead atoms. The number of aliphatic hydroxyl groups excluding tert-OH is 1. The number of nitrogens with one attached hydrogen (secondary N) is 1. The van der Waals surface area contributed by atoms with Crippen LogP contribution in [0.15, 0.2) is 35.1 Å². The molecule has 2 heterocycles. The normalized spacial score (nSPS) is 15.1. The van der Waals surface area contributed by atoms with Crippen LogP contribution in [0.1, 0.15) is 47.1 Å². The second kappa shape index (κ2) is 6.74. The first-order valence-corrected chi connectivity index (χ1v) is 9.20. The Morgan fingerprint density at radius 3 is 2.56 bits per heavy atom. The largest absolute Gasteiger partial charge is 0.394 e. The molecule has 1 aliphatic carbocycles. The molecular weight excluding hydrogens is 342 g/mol. The Morgan fingerprint density at radius 2 is 1.93 bits per heavy atom. The smallest absolute Gasteiger partial charge is 0.254 e. The molecule has 4 rings (SSSR count). The zero-order chi connectivity index (χ0) is 19.0. The van der Waals surface area contributed by atoms with E-state index < -0.39 is 0 Å². The minimum Gasteiger partial charge on any atom is -0.394 e. The van der Waals surface area contributed by atoms with Crippen LogP contribution < -0.4 is 5.56 Å². The van der Waals surface area contributed by atoms with E-state index in [1.165, 1.54) is 5.56 Å². The Morgan fingerprint density at radius 1 is 1.19 bits per heavy atom. The van der Waals surface area contributed by atoms with Crippen LogP contribution in [0.3, 0.4) is 0 Å². The molecule has 3 aromatic rings. The fraction of sp³-hybridized carbons (Fsp3) is 0.400. The highest BCUT2D eigenvalue weighted by Gasteiger charge is 2.49. The van der Waals surface area contributed by atoms with Crippen LogP contribution in [-0.2, 0) is 18.4 Å². The predicted molar refractivity (Wildman–Crippen MR) is 101 cm³/mol. The van der Waals surface area contributed by atoms with E-state index in [9.17, 15) is 9.90 Å². The lowest BCUT2D eigenvalue weighted by atomic mass is 9.95. The van der Waals surface area contributed by atoms with Gasteiger partial charge in [0.25, 0.3) is 5.56 Å². The number of hydrogen-bond donors (Lipinski definition) is 2. The minimum absolute atomic E-state index is 0.0321. The summed E-state index contributed by atoms with van der Waals surface area (Å²) in [5.41, 5.74) is 2.20. The van der Waals surface area contributed by atoms with Crippen LogP contribution in [0.2, 0.25) is 0 Å². The summed E-state index contributed by atoms with van der Waals surface area (Å²) in [6.07, 6.45) is 2.35. The quantitative estimate of drug-likeness (QED) is 0.692. The predicted octanol–water partition coefficient (Wildman–Crippen LogP) is 1.64. The van der Waals surface area contributed by atoms with Crippen molar-refractivity contribution in [2.75, 3.05) is 6.61 Å². The number of aromatic nitrogens is 5. The number of H-pyrrole nitrogens is 1. The summed E-state index contributed by atoms with van der Waals surface area (Å²) in [4.78, 5) is 24.3. The molecule has 0 aliphatic heterocycles. The number of aromatic amines is 1. The molecule has 0 amide bonds. The van der Waals surface area contributed by atoms with Crippen LogP contribution >= 0.6 is 0 Å². The van der Waals surface area contributed by atoms with Crippen LogP contribution in [-0.4, -0.2) is 36.4 Å². The minimum atomic E-state index is -0.149. The number of aryl methyl sites for hydroxylation is 2. The molecule has 7 heteroatoms. The zero-order valence-electron chi connectivity index (χ0n) is 15.6. The summed E-state index contributed by atoms with van der Waals surface area (Å²) in [7, 11) is 0. The summed E-state index contributed by atoms with van der Waals surface area (Å²) in [5.74, 6) is 2.05. The Balaban J connectivity index is 1.73. The molecule has 0 unspecified atom stereocenters. The third-order valence-corrected chi connectivity index (χ3v) is 5.24. The van der Waals surface area contributed by atoms with Crippen molar-refractivity contribution in [3.05, 3.63) is 75.0 Å². The van der Waals surface area contributed by atoms with Crippen molar-refractivity contribution in [2.45, 2.75) is 45.1 Å². The Bertz CT molecular complexity index is 1020. The lowest BCUT2D eigenvalue weighted by molar-refractivity contribution is 0.267. The lowest BCUT2D eigenvalue weighted by Gasteiger charge is -2.11. The van der Waals surface area contributed by atoms with Crippen molar-refractivity contribution in [2.24, 2.45) is 0 Å². The first-order valence-electron chi connectivity index (χ1n) is 9.20. The van der Waals surface area contributed by atoms with Gasteiger partial charge in [-0.1, -0.05) is 30.3 Å². The summed E-state index contributed by atoms with van der Waals surface area (Å²) in [6.45, 7) is 3.91. The summed E-state index contributed by atoms with van der Waals surface area (Å²) in [5, 5.41) is 14.1. The maximum absolute atomic E-state index is 12.4. The van der Waals surface area contributed by atoms with Crippen LogP contribution in [0.25, 0.3) is 0 Å². The topological polar surface area (TPSA) is 96.7 Å². The zero-order valence-corrected chi connectivity index (χ0v) is 15.6. The highest BCUT2D eigenvalue weighted by Crippen LogP contribution is 2.52. The van der Waals surface area contributed by atoms with Crippen LogP contribution in [0, 0.1) is 13.8 Å². The molecule has 2 aromatic heterocycles. The monoisotopic (exact) mass is 365 g/mol. The van der Waals surface area contributed by atoms with Gasteiger partial charge in [-0.05, 0) is 32.3 Å². The Kier molecular flexibility index (Phi) is 4.39. The van der Waals surface area contributed by atoms with Crippen molar-refractivity contribution >= 4 is 0 Å². The number of aliphatic hydroxyl groups is 1. The standard InChI is InChI=1S/C20H23N5O2/c1-13-16(18(27)22-14(2)21-13)12-17-23-19(24-25(17)10-11-26)20(8-9-20)15-6-4-3-5-7-15/h3-7,26H,8-12H2,1-2H3,(H,21,22,27). The van der Waals surface area contributed by atoms with E-state index in [0.717, 1.165) is 18.7 Å². The van der Waals surface area contributed by atoms with Gasteiger partial charge in [-0.15, -0.1) is 0 Å². The van der Waals surface area contributed by atoms with Crippen molar-refractivity contribution in [3.63, 3.8) is 0 Å². The fourth-order valence-electron chi connectivity index (χ4n) is 3.62. The van der Waals surface area contributed by atoms with E-state index in [0.29, 0.717) is 35.9 Å².